The van der Waals surface area contributed by atoms with Crippen molar-refractivity contribution in [1.29, 1.82) is 5.26 Å². The molecule has 0 atom stereocenters. The van der Waals surface area contributed by atoms with Crippen LogP contribution in [0.1, 0.15) is 5.69 Å². The third-order valence-electron chi connectivity index (χ3n) is 1.09. The number of hydrogen-bond acceptors (Lipinski definition) is 2. The summed E-state index contributed by atoms with van der Waals surface area (Å²) in [7, 11) is 0. The zero-order valence-corrected chi connectivity index (χ0v) is 6.16. The fourth-order valence-electron chi connectivity index (χ4n) is 0.561. The molecule has 0 aliphatic rings. The highest BCUT2D eigenvalue weighted by Crippen LogP contribution is 2.20. The van der Waals surface area contributed by atoms with E-state index in [1.54, 1.807) is 0 Å². The second-order valence-electron chi connectivity index (χ2n) is 1.80. The molecule has 1 rings (SSSR count). The molecule has 0 radical (unpaired) electrons. The average Bonchev–Trinajstić information content (AvgIpc) is 2.08. The fourth-order valence-corrected chi connectivity index (χ4v) is 0.686. The van der Waals surface area contributed by atoms with Crippen LogP contribution in [0.3, 0.4) is 0 Å². The topological polar surface area (TPSA) is 36.7 Å². The predicted molar refractivity (Wildman–Crippen MR) is 33.8 cm³/mol. The Morgan fingerprint density at radius 1 is 1.25 bits per heavy atom. The number of aromatic nitrogens is 1. The van der Waals surface area contributed by atoms with Gasteiger partial charge < -0.3 is 0 Å². The third-order valence-corrected chi connectivity index (χ3v) is 1.41. The van der Waals surface area contributed by atoms with Crippen molar-refractivity contribution < 1.29 is 13.2 Å². The molecule has 1 aromatic rings. The van der Waals surface area contributed by atoms with E-state index in [2.05, 4.69) is 4.98 Å². The minimum absolute atomic E-state index is 0.950. The van der Waals surface area contributed by atoms with Crippen molar-refractivity contribution in [1.82, 2.24) is 4.98 Å². The molecule has 0 unspecified atom stereocenters. The maximum absolute atomic E-state index is 12.5. The van der Waals surface area contributed by atoms with Crippen LogP contribution < -0.4 is 0 Å². The van der Waals surface area contributed by atoms with Crippen LogP contribution in [0.25, 0.3) is 0 Å². The van der Waals surface area contributed by atoms with Gasteiger partial charge in [0.25, 0.3) is 0 Å². The molecule has 6 heteroatoms. The molecule has 0 bridgehead atoms. The van der Waals surface area contributed by atoms with Crippen molar-refractivity contribution in [2.24, 2.45) is 0 Å². The van der Waals surface area contributed by atoms with Crippen molar-refractivity contribution in [3.63, 3.8) is 0 Å². The molecule has 0 aliphatic carbocycles. The van der Waals surface area contributed by atoms with Gasteiger partial charge in [-0.2, -0.15) is 9.65 Å². The first kappa shape index (κ1) is 8.81. The second-order valence-corrected chi connectivity index (χ2v) is 2.18. The summed E-state index contributed by atoms with van der Waals surface area (Å²) >= 11 is 4.95. The lowest BCUT2D eigenvalue weighted by Crippen LogP contribution is -1.99. The Hall–Kier alpha value is -1.28. The summed E-state index contributed by atoms with van der Waals surface area (Å²) in [6, 6.07) is 1.18. The van der Waals surface area contributed by atoms with Gasteiger partial charge in [0, 0.05) is 0 Å². The molecule has 0 aromatic carbocycles. The molecule has 2 nitrogen and oxygen atoms in total. The molecule has 0 aliphatic heterocycles. The highest BCUT2D eigenvalue weighted by Gasteiger charge is 2.18. The maximum Gasteiger partial charge on any atom is 0.236 e. The molecule has 0 saturated heterocycles. The van der Waals surface area contributed by atoms with Gasteiger partial charge in [0.05, 0.1) is 0 Å². The highest BCUT2D eigenvalue weighted by atomic mass is 35.5. The molecule has 1 aromatic heterocycles. The minimum Gasteiger partial charge on any atom is -0.204 e. The number of nitriles is 1. The van der Waals surface area contributed by atoms with E-state index in [1.165, 1.54) is 6.07 Å². The molecule has 62 valence electrons. The van der Waals surface area contributed by atoms with Crippen molar-refractivity contribution >= 4 is 11.6 Å². The normalized spacial score (nSPS) is 9.58. The molecular weight excluding hydrogens is 193 g/mol. The third kappa shape index (κ3) is 1.21. The van der Waals surface area contributed by atoms with Gasteiger partial charge in [0.15, 0.2) is 17.3 Å². The molecule has 0 fully saturated rings. The molecule has 0 N–H and O–H groups in total. The smallest absolute Gasteiger partial charge is 0.204 e. The number of nitrogens with zero attached hydrogens (tertiary/aromatic N) is 2. The Morgan fingerprint density at radius 3 is 2.33 bits per heavy atom. The Labute approximate surface area is 70.2 Å². The van der Waals surface area contributed by atoms with Crippen LogP contribution in [0, 0.1) is 28.9 Å². The van der Waals surface area contributed by atoms with E-state index < -0.39 is 28.3 Å². The summed E-state index contributed by atoms with van der Waals surface area (Å²) in [5.74, 6) is -4.53. The Bertz CT molecular complexity index is 372. The number of pyridine rings is 1. The van der Waals surface area contributed by atoms with E-state index >= 15 is 0 Å². The Kier molecular flexibility index (Phi) is 2.20. The van der Waals surface area contributed by atoms with Crippen LogP contribution >= 0.6 is 11.6 Å². The van der Waals surface area contributed by atoms with Crippen molar-refractivity contribution in [3.8, 4) is 6.07 Å². The van der Waals surface area contributed by atoms with Crippen molar-refractivity contribution in [2.75, 3.05) is 0 Å². The van der Waals surface area contributed by atoms with Gasteiger partial charge in [-0.15, -0.1) is 0 Å². The predicted octanol–water partition coefficient (Wildman–Crippen LogP) is 2.02. The zero-order chi connectivity index (χ0) is 9.30. The van der Waals surface area contributed by atoms with Crippen LogP contribution in [-0.4, -0.2) is 4.98 Å². The average molecular weight is 193 g/mol. The van der Waals surface area contributed by atoms with Crippen LogP contribution in [0.5, 0.6) is 0 Å². The first-order valence-electron chi connectivity index (χ1n) is 2.68. The van der Waals surface area contributed by atoms with E-state index in [4.69, 9.17) is 16.9 Å². The van der Waals surface area contributed by atoms with Gasteiger partial charge in [-0.05, 0) is 0 Å². The zero-order valence-electron chi connectivity index (χ0n) is 5.41. The van der Waals surface area contributed by atoms with E-state index in [0.29, 0.717) is 0 Å². The molecule has 0 spiro atoms. The molecule has 0 amide bonds. The number of hydrogen-bond donors (Lipinski definition) is 0. The van der Waals surface area contributed by atoms with E-state index in [0.717, 1.165) is 0 Å². The number of halogens is 4. The lowest BCUT2D eigenvalue weighted by molar-refractivity contribution is 0.476. The summed E-state index contributed by atoms with van der Waals surface area (Å²) in [6.07, 6.45) is 0. The highest BCUT2D eigenvalue weighted by molar-refractivity contribution is 6.30. The lowest BCUT2D eigenvalue weighted by Gasteiger charge is -1.97. The SMILES string of the molecule is N#Cc1nc(F)c(Cl)c(F)c1F. The van der Waals surface area contributed by atoms with E-state index in [1.807, 2.05) is 0 Å². The summed E-state index contributed by atoms with van der Waals surface area (Å²) in [5.41, 5.74) is -0.950. The van der Waals surface area contributed by atoms with Crippen molar-refractivity contribution in [3.05, 3.63) is 28.3 Å². The minimum atomic E-state index is -1.60. The van der Waals surface area contributed by atoms with Crippen LogP contribution in [0.15, 0.2) is 0 Å². The van der Waals surface area contributed by atoms with E-state index in [-0.39, 0.29) is 0 Å². The monoisotopic (exact) mass is 192 g/mol. The number of rotatable bonds is 0. The molecule has 12 heavy (non-hydrogen) atoms. The van der Waals surface area contributed by atoms with Crippen LogP contribution in [0.4, 0.5) is 13.2 Å². The first-order chi connectivity index (χ1) is 5.57. The molecular formula is C6ClF3N2. The van der Waals surface area contributed by atoms with Gasteiger partial charge in [-0.3, -0.25) is 0 Å². The van der Waals surface area contributed by atoms with Gasteiger partial charge in [0.1, 0.15) is 11.1 Å². The fraction of sp³-hybridized carbons (Fsp3) is 0. The molecule has 1 heterocycles. The molecule has 0 saturated carbocycles. The summed E-state index contributed by atoms with van der Waals surface area (Å²) in [6.45, 7) is 0. The Morgan fingerprint density at radius 2 is 1.83 bits per heavy atom. The largest absolute Gasteiger partial charge is 0.236 e. The van der Waals surface area contributed by atoms with E-state index in [9.17, 15) is 13.2 Å². The summed E-state index contributed by atoms with van der Waals surface area (Å²) in [5, 5.41) is 7.08. The van der Waals surface area contributed by atoms with Gasteiger partial charge >= 0.3 is 0 Å². The van der Waals surface area contributed by atoms with Gasteiger partial charge in [-0.1, -0.05) is 11.6 Å². The Balaban J connectivity index is 3.52. The van der Waals surface area contributed by atoms with Crippen molar-refractivity contribution in [2.45, 2.75) is 0 Å². The lowest BCUT2D eigenvalue weighted by atomic mass is 10.3. The van der Waals surface area contributed by atoms with Gasteiger partial charge in [0.2, 0.25) is 5.95 Å². The second kappa shape index (κ2) is 2.99. The first-order valence-corrected chi connectivity index (χ1v) is 3.05. The quantitative estimate of drug-likeness (QED) is 0.590. The van der Waals surface area contributed by atoms with Crippen LogP contribution in [-0.2, 0) is 0 Å². The maximum atomic E-state index is 12.5. The van der Waals surface area contributed by atoms with Crippen LogP contribution in [0.2, 0.25) is 5.02 Å². The van der Waals surface area contributed by atoms with Gasteiger partial charge in [-0.25, -0.2) is 13.8 Å². The standard InChI is InChI=1S/C6ClF3N2/c7-3-5(9)4(8)2(1-11)12-6(3)10. The summed E-state index contributed by atoms with van der Waals surface area (Å²) < 4.78 is 37.4. The summed E-state index contributed by atoms with van der Waals surface area (Å²) in [4.78, 5) is 2.78.